The van der Waals surface area contributed by atoms with Gasteiger partial charge in [0.2, 0.25) is 0 Å². The smallest absolute Gasteiger partial charge is 0.119 e. The van der Waals surface area contributed by atoms with E-state index in [4.69, 9.17) is 16.3 Å². The quantitative estimate of drug-likeness (QED) is 0.878. The maximum atomic E-state index is 6.00. The van der Waals surface area contributed by atoms with Gasteiger partial charge in [-0.3, -0.25) is 0 Å². The number of anilines is 1. The van der Waals surface area contributed by atoms with Crippen LogP contribution in [0.5, 0.6) is 5.75 Å². The molecule has 1 aliphatic rings. The van der Waals surface area contributed by atoms with Crippen molar-refractivity contribution in [3.63, 3.8) is 0 Å². The Morgan fingerprint density at radius 2 is 2.11 bits per heavy atom. The SMILES string of the molecule is COc1cccc(C2Cc3ccc(Cl)cc3N2)c1. The third kappa shape index (κ3) is 2.04. The van der Waals surface area contributed by atoms with E-state index < -0.39 is 0 Å². The summed E-state index contributed by atoms with van der Waals surface area (Å²) < 4.78 is 5.26. The zero-order valence-electron chi connectivity index (χ0n) is 10.1. The molecule has 1 heterocycles. The molecular weight excluding hydrogens is 246 g/mol. The average Bonchev–Trinajstić information content (AvgIpc) is 2.81. The first-order valence-corrected chi connectivity index (χ1v) is 6.33. The molecular formula is C15H14ClNO. The van der Waals surface area contributed by atoms with E-state index in [1.165, 1.54) is 11.1 Å². The van der Waals surface area contributed by atoms with E-state index in [2.05, 4.69) is 23.5 Å². The summed E-state index contributed by atoms with van der Waals surface area (Å²) in [4.78, 5) is 0. The van der Waals surface area contributed by atoms with Crippen molar-refractivity contribution in [1.29, 1.82) is 0 Å². The topological polar surface area (TPSA) is 21.3 Å². The molecule has 0 fully saturated rings. The summed E-state index contributed by atoms with van der Waals surface area (Å²) >= 11 is 6.00. The molecule has 1 atom stereocenters. The minimum absolute atomic E-state index is 0.300. The molecule has 2 aromatic carbocycles. The van der Waals surface area contributed by atoms with Gasteiger partial charge in [-0.25, -0.2) is 0 Å². The van der Waals surface area contributed by atoms with Gasteiger partial charge < -0.3 is 10.1 Å². The molecule has 0 saturated heterocycles. The Morgan fingerprint density at radius 3 is 2.94 bits per heavy atom. The lowest BCUT2D eigenvalue weighted by atomic mass is 10.0. The summed E-state index contributed by atoms with van der Waals surface area (Å²) in [6.45, 7) is 0. The van der Waals surface area contributed by atoms with E-state index >= 15 is 0 Å². The van der Waals surface area contributed by atoms with Gasteiger partial charge in [-0.05, 0) is 41.8 Å². The molecule has 92 valence electrons. The number of benzene rings is 2. The molecule has 18 heavy (non-hydrogen) atoms. The molecule has 0 amide bonds. The van der Waals surface area contributed by atoms with Crippen LogP contribution in [0.4, 0.5) is 5.69 Å². The molecule has 1 unspecified atom stereocenters. The van der Waals surface area contributed by atoms with Crippen molar-refractivity contribution in [1.82, 2.24) is 0 Å². The average molecular weight is 260 g/mol. The van der Waals surface area contributed by atoms with Crippen molar-refractivity contribution in [2.45, 2.75) is 12.5 Å². The van der Waals surface area contributed by atoms with Crippen molar-refractivity contribution in [2.75, 3.05) is 12.4 Å². The lowest BCUT2D eigenvalue weighted by Gasteiger charge is -2.12. The zero-order valence-corrected chi connectivity index (χ0v) is 10.9. The molecule has 0 aromatic heterocycles. The monoisotopic (exact) mass is 259 g/mol. The molecule has 0 spiro atoms. The maximum Gasteiger partial charge on any atom is 0.119 e. The van der Waals surface area contributed by atoms with Gasteiger partial charge in [0.1, 0.15) is 5.75 Å². The number of nitrogens with one attached hydrogen (secondary N) is 1. The van der Waals surface area contributed by atoms with Gasteiger partial charge in [0.05, 0.1) is 13.2 Å². The van der Waals surface area contributed by atoms with Gasteiger partial charge in [-0.2, -0.15) is 0 Å². The van der Waals surface area contributed by atoms with Crippen molar-refractivity contribution >= 4 is 17.3 Å². The number of ether oxygens (including phenoxy) is 1. The summed E-state index contributed by atoms with van der Waals surface area (Å²) in [5.74, 6) is 0.892. The second kappa shape index (κ2) is 4.54. The normalized spacial score (nSPS) is 17.1. The summed E-state index contributed by atoms with van der Waals surface area (Å²) in [6, 6.07) is 14.5. The van der Waals surface area contributed by atoms with Crippen molar-refractivity contribution in [2.24, 2.45) is 0 Å². The van der Waals surface area contributed by atoms with E-state index in [0.717, 1.165) is 22.9 Å². The Labute approximate surface area is 112 Å². The lowest BCUT2D eigenvalue weighted by Crippen LogP contribution is -2.05. The van der Waals surface area contributed by atoms with Gasteiger partial charge in [0, 0.05) is 10.7 Å². The second-order valence-corrected chi connectivity index (χ2v) is 4.92. The molecule has 0 saturated carbocycles. The second-order valence-electron chi connectivity index (χ2n) is 4.48. The fourth-order valence-corrected chi connectivity index (χ4v) is 2.55. The Hall–Kier alpha value is -1.67. The molecule has 0 aliphatic carbocycles. The van der Waals surface area contributed by atoms with Crippen LogP contribution in [0.1, 0.15) is 17.2 Å². The van der Waals surface area contributed by atoms with E-state index in [0.29, 0.717) is 6.04 Å². The minimum atomic E-state index is 0.300. The molecule has 2 nitrogen and oxygen atoms in total. The minimum Gasteiger partial charge on any atom is -0.497 e. The summed E-state index contributed by atoms with van der Waals surface area (Å²) in [5, 5.41) is 4.27. The molecule has 2 aromatic rings. The third-order valence-electron chi connectivity index (χ3n) is 3.32. The molecule has 3 heteroatoms. The van der Waals surface area contributed by atoms with Crippen LogP contribution in [0.15, 0.2) is 42.5 Å². The Balaban J connectivity index is 1.88. The number of hydrogen-bond donors (Lipinski definition) is 1. The largest absolute Gasteiger partial charge is 0.497 e. The van der Waals surface area contributed by atoms with Crippen molar-refractivity contribution < 1.29 is 4.74 Å². The standard InChI is InChI=1S/C15H14ClNO/c1-18-13-4-2-3-10(7-13)14-8-11-5-6-12(16)9-15(11)17-14/h2-7,9,14,17H,8H2,1H3. The first-order chi connectivity index (χ1) is 8.76. The van der Waals surface area contributed by atoms with Crippen LogP contribution < -0.4 is 10.1 Å². The van der Waals surface area contributed by atoms with E-state index in [1.807, 2.05) is 24.3 Å². The predicted molar refractivity (Wildman–Crippen MR) is 74.5 cm³/mol. The zero-order chi connectivity index (χ0) is 12.5. The highest BCUT2D eigenvalue weighted by Crippen LogP contribution is 2.36. The van der Waals surface area contributed by atoms with Gasteiger partial charge in [-0.1, -0.05) is 29.8 Å². The van der Waals surface area contributed by atoms with Gasteiger partial charge in [0.25, 0.3) is 0 Å². The first-order valence-electron chi connectivity index (χ1n) is 5.95. The fraction of sp³-hybridized carbons (Fsp3) is 0.200. The number of halogens is 1. The Morgan fingerprint density at radius 1 is 1.22 bits per heavy atom. The number of fused-ring (bicyclic) bond motifs is 1. The van der Waals surface area contributed by atoms with Crippen LogP contribution in [-0.2, 0) is 6.42 Å². The highest BCUT2D eigenvalue weighted by atomic mass is 35.5. The fourth-order valence-electron chi connectivity index (χ4n) is 2.38. The van der Waals surface area contributed by atoms with Gasteiger partial charge in [-0.15, -0.1) is 0 Å². The van der Waals surface area contributed by atoms with Crippen LogP contribution in [0.25, 0.3) is 0 Å². The van der Waals surface area contributed by atoms with Crippen LogP contribution in [0, 0.1) is 0 Å². The van der Waals surface area contributed by atoms with Crippen LogP contribution >= 0.6 is 11.6 Å². The molecule has 1 aliphatic heterocycles. The first kappa shape index (κ1) is 11.4. The summed E-state index contributed by atoms with van der Waals surface area (Å²) in [6.07, 6.45) is 0.986. The summed E-state index contributed by atoms with van der Waals surface area (Å²) in [5.41, 5.74) is 3.68. The number of rotatable bonds is 2. The Kier molecular flexibility index (Phi) is 2.88. The number of methoxy groups -OCH3 is 1. The van der Waals surface area contributed by atoms with Crippen LogP contribution in [-0.4, -0.2) is 7.11 Å². The van der Waals surface area contributed by atoms with E-state index in [1.54, 1.807) is 7.11 Å². The molecule has 0 bridgehead atoms. The van der Waals surface area contributed by atoms with Gasteiger partial charge in [0.15, 0.2) is 0 Å². The number of hydrogen-bond acceptors (Lipinski definition) is 2. The predicted octanol–water partition coefficient (Wildman–Crippen LogP) is 4.06. The van der Waals surface area contributed by atoms with E-state index in [-0.39, 0.29) is 0 Å². The van der Waals surface area contributed by atoms with Crippen molar-refractivity contribution in [3.05, 3.63) is 58.6 Å². The van der Waals surface area contributed by atoms with Gasteiger partial charge >= 0.3 is 0 Å². The summed E-state index contributed by atoms with van der Waals surface area (Å²) in [7, 11) is 1.69. The van der Waals surface area contributed by atoms with Crippen molar-refractivity contribution in [3.8, 4) is 5.75 Å². The van der Waals surface area contributed by atoms with Crippen LogP contribution in [0.2, 0.25) is 5.02 Å². The molecule has 0 radical (unpaired) electrons. The maximum absolute atomic E-state index is 6.00. The highest BCUT2D eigenvalue weighted by molar-refractivity contribution is 6.30. The third-order valence-corrected chi connectivity index (χ3v) is 3.56. The lowest BCUT2D eigenvalue weighted by molar-refractivity contribution is 0.414. The van der Waals surface area contributed by atoms with E-state index in [9.17, 15) is 0 Å². The highest BCUT2D eigenvalue weighted by Gasteiger charge is 2.22. The van der Waals surface area contributed by atoms with Crippen LogP contribution in [0.3, 0.4) is 0 Å². The molecule has 3 rings (SSSR count). The Bertz CT molecular complexity index is 582. The molecule has 1 N–H and O–H groups in total.